The third-order valence-corrected chi connectivity index (χ3v) is 6.71. The van der Waals surface area contributed by atoms with Crippen LogP contribution in [0.3, 0.4) is 0 Å². The molecule has 0 aliphatic rings. The Morgan fingerprint density at radius 3 is 2.96 bits per heavy atom. The number of carbonyl (C=O) groups excluding carboxylic acids is 1. The highest BCUT2D eigenvalue weighted by Gasteiger charge is 2.13. The lowest BCUT2D eigenvalue weighted by Crippen LogP contribution is -2.20. The van der Waals surface area contributed by atoms with Gasteiger partial charge >= 0.3 is 0 Å². The zero-order chi connectivity index (χ0) is 19.7. The van der Waals surface area contributed by atoms with E-state index >= 15 is 0 Å². The molecule has 0 N–H and O–H groups in total. The van der Waals surface area contributed by atoms with Gasteiger partial charge in [-0.15, -0.1) is 11.3 Å². The smallest absolute Gasteiger partial charge is 0.279 e. The number of aryl methyl sites for hydroxylation is 1. The highest BCUT2D eigenvalue weighted by molar-refractivity contribution is 7.17. The molecule has 144 valence electrons. The fourth-order valence-corrected chi connectivity index (χ4v) is 5.03. The highest BCUT2D eigenvalue weighted by Crippen LogP contribution is 2.27. The van der Waals surface area contributed by atoms with Crippen LogP contribution < -0.4 is 4.80 Å². The zero-order valence-corrected chi connectivity index (χ0v) is 17.8. The summed E-state index contributed by atoms with van der Waals surface area (Å²) in [5, 5.41) is 0.698. The van der Waals surface area contributed by atoms with Gasteiger partial charge < -0.3 is 9.30 Å². The molecule has 4 aromatic rings. The molecule has 0 atom stereocenters. The lowest BCUT2D eigenvalue weighted by Gasteiger charge is -2.08. The van der Waals surface area contributed by atoms with Gasteiger partial charge in [0.2, 0.25) is 0 Å². The van der Waals surface area contributed by atoms with Crippen LogP contribution in [0.25, 0.3) is 20.4 Å². The lowest BCUT2D eigenvalue weighted by molar-refractivity contribution is 0.0997. The van der Waals surface area contributed by atoms with Crippen molar-refractivity contribution >= 4 is 60.6 Å². The SMILES string of the molecule is CCOCCn1c(=NC(=O)c2ccc3ncsc3c2)sc2ccc(Cl)c(C)c21. The molecular formula is C20H18ClN3O2S2. The van der Waals surface area contributed by atoms with Crippen LogP contribution in [0.1, 0.15) is 22.8 Å². The van der Waals surface area contributed by atoms with E-state index < -0.39 is 0 Å². The van der Waals surface area contributed by atoms with E-state index in [9.17, 15) is 4.79 Å². The number of nitrogens with zero attached hydrogens (tertiary/aromatic N) is 3. The summed E-state index contributed by atoms with van der Waals surface area (Å²) in [6.07, 6.45) is 0. The van der Waals surface area contributed by atoms with Crippen molar-refractivity contribution in [2.24, 2.45) is 4.99 Å². The number of halogens is 1. The highest BCUT2D eigenvalue weighted by atomic mass is 35.5. The monoisotopic (exact) mass is 431 g/mol. The number of benzene rings is 2. The van der Waals surface area contributed by atoms with Gasteiger partial charge in [0.1, 0.15) is 0 Å². The number of fused-ring (bicyclic) bond motifs is 2. The molecule has 0 bridgehead atoms. The minimum atomic E-state index is -0.268. The van der Waals surface area contributed by atoms with Crippen molar-refractivity contribution in [2.75, 3.05) is 13.2 Å². The van der Waals surface area contributed by atoms with Crippen molar-refractivity contribution in [1.82, 2.24) is 9.55 Å². The Morgan fingerprint density at radius 2 is 2.14 bits per heavy atom. The standard InChI is InChI=1S/C20H18ClN3O2S2/c1-3-26-9-8-24-18-12(2)14(21)5-7-16(18)28-20(24)23-19(25)13-4-6-15-17(10-13)27-11-22-15/h4-7,10-11H,3,8-9H2,1-2H3. The second-order valence-electron chi connectivity index (χ2n) is 6.20. The maximum Gasteiger partial charge on any atom is 0.279 e. The van der Waals surface area contributed by atoms with E-state index in [4.69, 9.17) is 16.3 Å². The van der Waals surface area contributed by atoms with Crippen molar-refractivity contribution in [2.45, 2.75) is 20.4 Å². The van der Waals surface area contributed by atoms with Crippen molar-refractivity contribution in [3.63, 3.8) is 0 Å². The van der Waals surface area contributed by atoms with E-state index in [1.807, 2.05) is 42.7 Å². The summed E-state index contributed by atoms with van der Waals surface area (Å²) in [6.45, 7) is 5.74. The van der Waals surface area contributed by atoms with E-state index in [1.165, 1.54) is 22.7 Å². The molecule has 2 aromatic carbocycles. The molecule has 0 radical (unpaired) electrons. The first kappa shape index (κ1) is 19.3. The molecule has 0 saturated carbocycles. The van der Waals surface area contributed by atoms with E-state index in [0.29, 0.717) is 35.1 Å². The van der Waals surface area contributed by atoms with Gasteiger partial charge in [-0.3, -0.25) is 4.79 Å². The first-order valence-corrected chi connectivity index (χ1v) is 10.9. The molecule has 2 heterocycles. The van der Waals surface area contributed by atoms with Gasteiger partial charge in [0.25, 0.3) is 5.91 Å². The van der Waals surface area contributed by atoms with Crippen LogP contribution >= 0.6 is 34.3 Å². The summed E-state index contributed by atoms with van der Waals surface area (Å²) in [7, 11) is 0. The maximum absolute atomic E-state index is 12.8. The average molecular weight is 432 g/mol. The van der Waals surface area contributed by atoms with Gasteiger partial charge in [-0.05, 0) is 49.7 Å². The summed E-state index contributed by atoms with van der Waals surface area (Å²) in [5.41, 5.74) is 5.20. The molecule has 0 aliphatic heterocycles. The molecule has 0 fully saturated rings. The minimum Gasteiger partial charge on any atom is -0.380 e. The Kier molecular flexibility index (Phi) is 5.59. The summed E-state index contributed by atoms with van der Waals surface area (Å²) < 4.78 is 9.58. The molecule has 0 aliphatic carbocycles. The topological polar surface area (TPSA) is 56.5 Å². The number of hydrogen-bond acceptors (Lipinski definition) is 5. The quantitative estimate of drug-likeness (QED) is 0.415. The number of hydrogen-bond donors (Lipinski definition) is 0. The first-order chi connectivity index (χ1) is 13.6. The Hall–Kier alpha value is -2.06. The second-order valence-corrected chi connectivity index (χ2v) is 8.51. The van der Waals surface area contributed by atoms with E-state index in [-0.39, 0.29) is 5.91 Å². The number of thiazole rings is 2. The normalized spacial score (nSPS) is 12.3. The van der Waals surface area contributed by atoms with Gasteiger partial charge in [0, 0.05) is 23.7 Å². The van der Waals surface area contributed by atoms with Crippen LogP contribution in [-0.4, -0.2) is 28.7 Å². The Labute approximate surface area is 174 Å². The van der Waals surface area contributed by atoms with Crippen molar-refractivity contribution in [3.8, 4) is 0 Å². The molecule has 1 amide bonds. The Bertz CT molecular complexity index is 1240. The molecule has 28 heavy (non-hydrogen) atoms. The Morgan fingerprint density at radius 1 is 1.29 bits per heavy atom. The van der Waals surface area contributed by atoms with Crippen molar-refractivity contribution in [3.05, 3.63) is 56.8 Å². The number of amides is 1. The van der Waals surface area contributed by atoms with Crippen LogP contribution in [0.2, 0.25) is 5.02 Å². The lowest BCUT2D eigenvalue weighted by atomic mass is 10.2. The van der Waals surface area contributed by atoms with Crippen LogP contribution in [0, 0.1) is 6.92 Å². The van der Waals surface area contributed by atoms with Crippen LogP contribution in [-0.2, 0) is 11.3 Å². The van der Waals surface area contributed by atoms with Gasteiger partial charge in [-0.25, -0.2) is 4.98 Å². The number of carbonyl (C=O) groups is 1. The van der Waals surface area contributed by atoms with Gasteiger partial charge in [-0.1, -0.05) is 22.9 Å². The maximum atomic E-state index is 12.8. The Balaban J connectivity index is 1.82. The molecule has 8 heteroatoms. The van der Waals surface area contributed by atoms with Crippen LogP contribution in [0.5, 0.6) is 0 Å². The van der Waals surface area contributed by atoms with Crippen LogP contribution in [0.4, 0.5) is 0 Å². The molecule has 4 rings (SSSR count). The summed E-state index contributed by atoms with van der Waals surface area (Å²) in [4.78, 5) is 22.2. The molecule has 5 nitrogen and oxygen atoms in total. The molecule has 0 spiro atoms. The van der Waals surface area contributed by atoms with E-state index in [1.54, 1.807) is 11.6 Å². The van der Waals surface area contributed by atoms with Crippen LogP contribution in [0.15, 0.2) is 40.8 Å². The number of rotatable bonds is 5. The van der Waals surface area contributed by atoms with Gasteiger partial charge in [0.05, 0.1) is 32.6 Å². The van der Waals surface area contributed by atoms with Crippen molar-refractivity contribution in [1.29, 1.82) is 0 Å². The van der Waals surface area contributed by atoms with E-state index in [0.717, 1.165) is 26.0 Å². The predicted molar refractivity (Wildman–Crippen MR) is 116 cm³/mol. The summed E-state index contributed by atoms with van der Waals surface area (Å²) in [5.74, 6) is -0.268. The summed E-state index contributed by atoms with van der Waals surface area (Å²) >= 11 is 9.33. The largest absolute Gasteiger partial charge is 0.380 e. The third kappa shape index (κ3) is 3.63. The molecule has 0 saturated heterocycles. The molecule has 0 unspecified atom stereocenters. The second kappa shape index (κ2) is 8.13. The fourth-order valence-electron chi connectivity index (χ4n) is 3.05. The first-order valence-electron chi connectivity index (χ1n) is 8.87. The molecule has 2 aromatic heterocycles. The fraction of sp³-hybridized carbons (Fsp3) is 0.250. The number of ether oxygens (including phenoxy) is 1. The third-order valence-electron chi connectivity index (χ3n) is 4.47. The van der Waals surface area contributed by atoms with Gasteiger partial charge in [-0.2, -0.15) is 4.99 Å². The van der Waals surface area contributed by atoms with Gasteiger partial charge in [0.15, 0.2) is 4.80 Å². The minimum absolute atomic E-state index is 0.268. The summed E-state index contributed by atoms with van der Waals surface area (Å²) in [6, 6.07) is 9.32. The van der Waals surface area contributed by atoms with E-state index in [2.05, 4.69) is 9.98 Å². The molecular weight excluding hydrogens is 414 g/mol. The predicted octanol–water partition coefficient (Wildman–Crippen LogP) is 5.05. The zero-order valence-electron chi connectivity index (χ0n) is 15.4. The average Bonchev–Trinajstić information content (AvgIpc) is 3.29. The number of aromatic nitrogens is 2. The van der Waals surface area contributed by atoms with Crippen molar-refractivity contribution < 1.29 is 9.53 Å².